The molecule has 1 aliphatic heterocycles. The number of ether oxygens (including phenoxy) is 1. The summed E-state index contributed by atoms with van der Waals surface area (Å²) in [7, 11) is 1.83. The van der Waals surface area contributed by atoms with Gasteiger partial charge in [0.2, 0.25) is 0 Å². The molecule has 1 aliphatic rings. The van der Waals surface area contributed by atoms with Crippen LogP contribution >= 0.6 is 24.0 Å². The SMILES string of the molecule is CN=C(NCCC(C)C)NCC1(NC(C)c2ccccc2)CCOCC1.I. The molecule has 1 saturated heterocycles. The van der Waals surface area contributed by atoms with Gasteiger partial charge in [-0.25, -0.2) is 0 Å². The van der Waals surface area contributed by atoms with Crippen molar-refractivity contribution in [2.75, 3.05) is 33.4 Å². The van der Waals surface area contributed by atoms with E-state index in [2.05, 4.69) is 72.0 Å². The van der Waals surface area contributed by atoms with E-state index >= 15 is 0 Å². The van der Waals surface area contributed by atoms with Crippen molar-refractivity contribution >= 4 is 29.9 Å². The summed E-state index contributed by atoms with van der Waals surface area (Å²) in [6, 6.07) is 10.9. The fourth-order valence-corrected chi connectivity index (χ4v) is 3.37. The summed E-state index contributed by atoms with van der Waals surface area (Å²) >= 11 is 0. The van der Waals surface area contributed by atoms with Gasteiger partial charge in [-0.15, -0.1) is 24.0 Å². The highest BCUT2D eigenvalue weighted by Gasteiger charge is 2.34. The Kier molecular flexibility index (Phi) is 11.3. The second-order valence-corrected chi connectivity index (χ2v) is 7.70. The molecule has 0 saturated carbocycles. The van der Waals surface area contributed by atoms with Crippen LogP contribution in [0.15, 0.2) is 35.3 Å². The molecule has 27 heavy (non-hydrogen) atoms. The van der Waals surface area contributed by atoms with E-state index < -0.39 is 0 Å². The number of guanidine groups is 1. The molecule has 6 heteroatoms. The van der Waals surface area contributed by atoms with Crippen LogP contribution in [0.25, 0.3) is 0 Å². The summed E-state index contributed by atoms with van der Waals surface area (Å²) in [4.78, 5) is 4.37. The fourth-order valence-electron chi connectivity index (χ4n) is 3.37. The van der Waals surface area contributed by atoms with Gasteiger partial charge in [-0.3, -0.25) is 4.99 Å². The zero-order valence-electron chi connectivity index (χ0n) is 17.3. The molecule has 5 nitrogen and oxygen atoms in total. The molecule has 1 fully saturated rings. The third-order valence-electron chi connectivity index (χ3n) is 5.10. The van der Waals surface area contributed by atoms with E-state index in [1.807, 2.05) is 7.05 Å². The van der Waals surface area contributed by atoms with Gasteiger partial charge in [-0.05, 0) is 37.7 Å². The second-order valence-electron chi connectivity index (χ2n) is 7.70. The predicted molar refractivity (Wildman–Crippen MR) is 125 cm³/mol. The molecule has 0 aromatic heterocycles. The van der Waals surface area contributed by atoms with Crippen LogP contribution in [0.1, 0.15) is 51.6 Å². The topological polar surface area (TPSA) is 57.7 Å². The summed E-state index contributed by atoms with van der Waals surface area (Å²) in [5, 5.41) is 10.8. The lowest BCUT2D eigenvalue weighted by atomic mass is 9.88. The van der Waals surface area contributed by atoms with E-state index in [9.17, 15) is 0 Å². The number of hydrogen-bond acceptors (Lipinski definition) is 3. The number of nitrogens with zero attached hydrogens (tertiary/aromatic N) is 1. The van der Waals surface area contributed by atoms with Crippen LogP contribution in [0, 0.1) is 5.92 Å². The first-order chi connectivity index (χ1) is 12.5. The van der Waals surface area contributed by atoms with Gasteiger partial charge < -0.3 is 20.7 Å². The molecule has 1 aromatic carbocycles. The van der Waals surface area contributed by atoms with E-state index in [1.54, 1.807) is 0 Å². The van der Waals surface area contributed by atoms with Crippen molar-refractivity contribution in [1.29, 1.82) is 0 Å². The summed E-state index contributed by atoms with van der Waals surface area (Å²) < 4.78 is 5.62. The molecule has 1 aromatic rings. The predicted octanol–water partition coefficient (Wildman–Crippen LogP) is 3.72. The molecule has 0 aliphatic carbocycles. The van der Waals surface area contributed by atoms with Crippen molar-refractivity contribution in [2.45, 2.75) is 51.6 Å². The highest BCUT2D eigenvalue weighted by atomic mass is 127. The second kappa shape index (κ2) is 12.6. The zero-order chi connectivity index (χ0) is 18.8. The van der Waals surface area contributed by atoms with Crippen LogP contribution in [0.2, 0.25) is 0 Å². The van der Waals surface area contributed by atoms with Gasteiger partial charge in [0.25, 0.3) is 0 Å². The zero-order valence-corrected chi connectivity index (χ0v) is 19.6. The van der Waals surface area contributed by atoms with E-state index in [0.717, 1.165) is 51.5 Å². The smallest absolute Gasteiger partial charge is 0.191 e. The minimum Gasteiger partial charge on any atom is -0.381 e. The van der Waals surface area contributed by atoms with Crippen LogP contribution in [0.4, 0.5) is 0 Å². The monoisotopic (exact) mass is 488 g/mol. The quantitative estimate of drug-likeness (QED) is 0.297. The summed E-state index contributed by atoms with van der Waals surface area (Å²) in [6.45, 7) is 10.1. The van der Waals surface area contributed by atoms with Crippen LogP contribution < -0.4 is 16.0 Å². The third kappa shape index (κ3) is 8.35. The van der Waals surface area contributed by atoms with Crippen molar-refractivity contribution in [3.8, 4) is 0 Å². The van der Waals surface area contributed by atoms with Gasteiger partial charge in [-0.1, -0.05) is 44.2 Å². The number of halogens is 1. The largest absolute Gasteiger partial charge is 0.381 e. The van der Waals surface area contributed by atoms with Crippen LogP contribution in [-0.2, 0) is 4.74 Å². The number of benzene rings is 1. The maximum Gasteiger partial charge on any atom is 0.191 e. The molecular weight excluding hydrogens is 451 g/mol. The summed E-state index contributed by atoms with van der Waals surface area (Å²) in [5.74, 6) is 1.57. The fraction of sp³-hybridized carbons (Fsp3) is 0.667. The first kappa shape index (κ1) is 24.2. The first-order valence-electron chi connectivity index (χ1n) is 9.89. The summed E-state index contributed by atoms with van der Waals surface area (Å²) in [5.41, 5.74) is 1.33. The van der Waals surface area contributed by atoms with Crippen LogP contribution in [-0.4, -0.2) is 44.8 Å². The lowest BCUT2D eigenvalue weighted by Crippen LogP contribution is -2.58. The van der Waals surface area contributed by atoms with Crippen molar-refractivity contribution in [1.82, 2.24) is 16.0 Å². The van der Waals surface area contributed by atoms with Gasteiger partial charge in [0, 0.05) is 44.9 Å². The maximum absolute atomic E-state index is 5.62. The number of rotatable bonds is 8. The molecule has 3 N–H and O–H groups in total. The third-order valence-corrected chi connectivity index (χ3v) is 5.10. The lowest BCUT2D eigenvalue weighted by molar-refractivity contribution is 0.0355. The molecule has 2 rings (SSSR count). The molecule has 0 bridgehead atoms. The van der Waals surface area contributed by atoms with Gasteiger partial charge in [0.05, 0.1) is 0 Å². The van der Waals surface area contributed by atoms with E-state index in [1.165, 1.54) is 5.56 Å². The molecule has 0 radical (unpaired) electrons. The average Bonchev–Trinajstić information content (AvgIpc) is 2.65. The van der Waals surface area contributed by atoms with Crippen molar-refractivity contribution in [3.63, 3.8) is 0 Å². The Morgan fingerprint density at radius 3 is 2.37 bits per heavy atom. The number of aliphatic imine (C=N–C) groups is 1. The van der Waals surface area contributed by atoms with Crippen LogP contribution in [0.5, 0.6) is 0 Å². The minimum absolute atomic E-state index is 0. The molecule has 1 unspecified atom stereocenters. The highest BCUT2D eigenvalue weighted by molar-refractivity contribution is 14.0. The average molecular weight is 488 g/mol. The van der Waals surface area contributed by atoms with Crippen molar-refractivity contribution in [2.24, 2.45) is 10.9 Å². The minimum atomic E-state index is 0. The Morgan fingerprint density at radius 2 is 1.78 bits per heavy atom. The van der Waals surface area contributed by atoms with Gasteiger partial charge in [0.1, 0.15) is 0 Å². The Hall–Kier alpha value is -0.860. The normalized spacial score (nSPS) is 17.9. The Balaban J connectivity index is 0.00000364. The van der Waals surface area contributed by atoms with Crippen LogP contribution in [0.3, 0.4) is 0 Å². The van der Waals surface area contributed by atoms with Crippen molar-refractivity contribution < 1.29 is 4.74 Å². The lowest BCUT2D eigenvalue weighted by Gasteiger charge is -2.41. The van der Waals surface area contributed by atoms with E-state index in [4.69, 9.17) is 4.74 Å². The summed E-state index contributed by atoms with van der Waals surface area (Å²) in [6.07, 6.45) is 3.14. The highest BCUT2D eigenvalue weighted by Crippen LogP contribution is 2.25. The van der Waals surface area contributed by atoms with E-state index in [-0.39, 0.29) is 29.5 Å². The van der Waals surface area contributed by atoms with E-state index in [0.29, 0.717) is 12.0 Å². The standard InChI is InChI=1S/C21H36N4O.HI/c1-17(2)10-13-23-20(22-4)24-16-21(11-14-26-15-12-21)25-18(3)19-8-6-5-7-9-19;/h5-9,17-18,25H,10-16H2,1-4H3,(H2,22,23,24);1H. The maximum atomic E-state index is 5.62. The van der Waals surface area contributed by atoms with Gasteiger partial charge in [0.15, 0.2) is 5.96 Å². The van der Waals surface area contributed by atoms with Gasteiger partial charge >= 0.3 is 0 Å². The molecule has 154 valence electrons. The molecule has 1 heterocycles. The molecule has 1 atom stereocenters. The number of hydrogen-bond donors (Lipinski definition) is 3. The Bertz CT molecular complexity index is 544. The van der Waals surface area contributed by atoms with Crippen molar-refractivity contribution in [3.05, 3.63) is 35.9 Å². The first-order valence-corrected chi connectivity index (χ1v) is 9.89. The molecule has 0 amide bonds. The molecular formula is C21H37IN4O. The Labute approximate surface area is 182 Å². The van der Waals surface area contributed by atoms with Gasteiger partial charge in [-0.2, -0.15) is 0 Å². The Morgan fingerprint density at radius 1 is 1.11 bits per heavy atom. The number of nitrogens with one attached hydrogen (secondary N) is 3. The molecule has 0 spiro atoms.